The normalized spacial score (nSPS) is 11.8. The molecule has 0 atom stereocenters. The maximum Gasteiger partial charge on any atom is 0.268 e. The van der Waals surface area contributed by atoms with Gasteiger partial charge in [0.25, 0.3) is 10.0 Å². The van der Waals surface area contributed by atoms with Gasteiger partial charge >= 0.3 is 0 Å². The fourth-order valence-electron chi connectivity index (χ4n) is 4.56. The lowest BCUT2D eigenvalue weighted by Crippen LogP contribution is -2.12. The lowest BCUT2D eigenvalue weighted by molar-refractivity contribution is 0.286. The van der Waals surface area contributed by atoms with Crippen LogP contribution in [0.2, 0.25) is 0 Å². The zero-order valence-corrected chi connectivity index (χ0v) is 23.2. The Hall–Kier alpha value is -4.17. The van der Waals surface area contributed by atoms with Gasteiger partial charge in [0.1, 0.15) is 18.1 Å². The van der Waals surface area contributed by atoms with Crippen LogP contribution in [0.5, 0.6) is 5.88 Å². The van der Waals surface area contributed by atoms with E-state index in [-0.39, 0.29) is 4.90 Å². The number of hydrogen-bond donors (Lipinski definition) is 1. The Morgan fingerprint density at radius 1 is 0.897 bits per heavy atom. The highest BCUT2D eigenvalue weighted by atomic mass is 32.2. The summed E-state index contributed by atoms with van der Waals surface area (Å²) in [6, 6.07) is 24.2. The number of rotatable bonds is 9. The Balaban J connectivity index is 1.54. The highest BCUT2D eigenvalue weighted by Crippen LogP contribution is 2.30. The first-order valence-corrected chi connectivity index (χ1v) is 14.4. The number of hydrogen-bond acceptors (Lipinski definition) is 6. The minimum absolute atomic E-state index is 0.231. The molecule has 0 saturated heterocycles. The van der Waals surface area contributed by atoms with Crippen molar-refractivity contribution in [1.29, 1.82) is 0 Å². The first-order chi connectivity index (χ1) is 18.7. The molecule has 3 aromatic carbocycles. The minimum Gasteiger partial charge on any atom is -0.471 e. The van der Waals surface area contributed by atoms with E-state index in [9.17, 15) is 8.42 Å². The van der Waals surface area contributed by atoms with Gasteiger partial charge in [-0.25, -0.2) is 22.4 Å². The molecular weight excluding hydrogens is 508 g/mol. The highest BCUT2D eigenvalue weighted by molar-refractivity contribution is 7.90. The second-order valence-corrected chi connectivity index (χ2v) is 12.0. The second kappa shape index (κ2) is 10.9. The maximum absolute atomic E-state index is 13.6. The van der Waals surface area contributed by atoms with E-state index in [1.807, 2.05) is 55.5 Å². The molecule has 0 radical (unpaired) electrons. The van der Waals surface area contributed by atoms with Crippen molar-refractivity contribution in [2.24, 2.45) is 5.92 Å². The van der Waals surface area contributed by atoms with Crippen molar-refractivity contribution < 1.29 is 13.2 Å². The van der Waals surface area contributed by atoms with E-state index in [1.54, 1.807) is 36.5 Å². The summed E-state index contributed by atoms with van der Waals surface area (Å²) in [5.74, 6) is 1.11. The number of nitrogens with zero attached hydrogens (tertiary/aromatic N) is 3. The topological polar surface area (TPSA) is 100 Å². The van der Waals surface area contributed by atoms with Gasteiger partial charge in [0, 0.05) is 18.0 Å². The van der Waals surface area contributed by atoms with E-state index in [0.29, 0.717) is 54.0 Å². The van der Waals surface area contributed by atoms with Gasteiger partial charge < -0.3 is 10.5 Å². The summed E-state index contributed by atoms with van der Waals surface area (Å²) in [4.78, 5) is 9.72. The average Bonchev–Trinajstić information content (AvgIpc) is 3.29. The largest absolute Gasteiger partial charge is 0.471 e. The van der Waals surface area contributed by atoms with Gasteiger partial charge in [-0.05, 0) is 48.6 Å². The van der Waals surface area contributed by atoms with Crippen LogP contribution in [-0.2, 0) is 29.5 Å². The summed E-state index contributed by atoms with van der Waals surface area (Å²) in [5, 5.41) is 0.812. The molecule has 8 heteroatoms. The molecule has 0 aliphatic rings. The number of aryl methyl sites for hydroxylation is 1. The van der Waals surface area contributed by atoms with Crippen LogP contribution >= 0.6 is 0 Å². The smallest absolute Gasteiger partial charge is 0.268 e. The third-order valence-electron chi connectivity index (χ3n) is 6.55. The van der Waals surface area contributed by atoms with Crippen molar-refractivity contribution in [3.05, 3.63) is 113 Å². The lowest BCUT2D eigenvalue weighted by atomic mass is 10.1. The third kappa shape index (κ3) is 5.66. The molecule has 2 N–H and O–H groups in total. The van der Waals surface area contributed by atoms with E-state index in [0.717, 1.165) is 22.1 Å². The van der Waals surface area contributed by atoms with E-state index < -0.39 is 10.0 Å². The summed E-state index contributed by atoms with van der Waals surface area (Å²) >= 11 is 0. The van der Waals surface area contributed by atoms with E-state index in [1.165, 1.54) is 3.97 Å². The molecule has 0 bridgehead atoms. The van der Waals surface area contributed by atoms with Gasteiger partial charge in [-0.1, -0.05) is 80.1 Å². The van der Waals surface area contributed by atoms with Crippen molar-refractivity contribution in [1.82, 2.24) is 13.9 Å². The molecule has 0 fully saturated rings. The number of benzene rings is 3. The van der Waals surface area contributed by atoms with Crippen LogP contribution in [0.1, 0.15) is 41.9 Å². The van der Waals surface area contributed by atoms with Crippen LogP contribution in [0.15, 0.2) is 90.0 Å². The number of para-hydroxylation sites is 1. The van der Waals surface area contributed by atoms with Gasteiger partial charge in [0.15, 0.2) is 0 Å². The highest BCUT2D eigenvalue weighted by Gasteiger charge is 2.23. The second-order valence-electron chi connectivity index (χ2n) is 10.1. The molecule has 0 amide bonds. The molecule has 7 nitrogen and oxygen atoms in total. The molecule has 5 rings (SSSR count). The molecular formula is C31H32N4O3S. The van der Waals surface area contributed by atoms with Crippen molar-refractivity contribution in [2.45, 2.75) is 45.1 Å². The molecule has 39 heavy (non-hydrogen) atoms. The number of ether oxygens (including phenoxy) is 1. The van der Waals surface area contributed by atoms with E-state index in [2.05, 4.69) is 18.8 Å². The van der Waals surface area contributed by atoms with Crippen LogP contribution < -0.4 is 10.5 Å². The van der Waals surface area contributed by atoms with Crippen molar-refractivity contribution >= 4 is 26.7 Å². The maximum atomic E-state index is 13.6. The van der Waals surface area contributed by atoms with Gasteiger partial charge in [-0.2, -0.15) is 0 Å². The zero-order chi connectivity index (χ0) is 27.6. The van der Waals surface area contributed by atoms with Crippen LogP contribution in [0.25, 0.3) is 10.9 Å². The Morgan fingerprint density at radius 3 is 2.31 bits per heavy atom. The van der Waals surface area contributed by atoms with Crippen LogP contribution in [0, 0.1) is 12.8 Å². The molecule has 0 saturated carbocycles. The summed E-state index contributed by atoms with van der Waals surface area (Å²) < 4.78 is 34.7. The van der Waals surface area contributed by atoms with Gasteiger partial charge in [0.05, 0.1) is 16.1 Å². The van der Waals surface area contributed by atoms with Gasteiger partial charge in [-0.3, -0.25) is 0 Å². The Bertz CT molecular complexity index is 1710. The quantitative estimate of drug-likeness (QED) is 0.249. The predicted molar refractivity (Wildman–Crippen MR) is 154 cm³/mol. The monoisotopic (exact) mass is 540 g/mol. The van der Waals surface area contributed by atoms with Crippen molar-refractivity contribution in [3.63, 3.8) is 0 Å². The fraction of sp³-hybridized carbons (Fsp3) is 0.226. The molecule has 2 aromatic heterocycles. The number of anilines is 1. The summed E-state index contributed by atoms with van der Waals surface area (Å²) in [5.41, 5.74) is 11.1. The standard InChI is InChI=1S/C31H32N4O3S/c1-21(2)17-28-31(38-20-23-9-5-4-6-10-23)34-27(30(32)33-28)18-24-19-35(29-12-8-7-11-26(24)29)39(36,37)25-15-13-22(3)14-16-25/h4-16,19,21H,17-18,20H2,1-3H3,(H2,32,33). The first kappa shape index (κ1) is 26.4. The number of aromatic nitrogens is 3. The average molecular weight is 541 g/mol. The van der Waals surface area contributed by atoms with Gasteiger partial charge in [-0.15, -0.1) is 0 Å². The molecule has 2 heterocycles. The Morgan fingerprint density at radius 2 is 1.59 bits per heavy atom. The Labute approximate surface area is 229 Å². The van der Waals surface area contributed by atoms with Crippen LogP contribution in [0.4, 0.5) is 5.82 Å². The van der Waals surface area contributed by atoms with Crippen LogP contribution in [-0.4, -0.2) is 22.4 Å². The molecule has 0 aliphatic carbocycles. The number of nitrogen functional groups attached to an aromatic ring is 1. The zero-order valence-electron chi connectivity index (χ0n) is 22.3. The Kier molecular flexibility index (Phi) is 7.39. The van der Waals surface area contributed by atoms with Gasteiger partial charge in [0.2, 0.25) is 5.88 Å². The molecule has 0 aliphatic heterocycles. The third-order valence-corrected chi connectivity index (χ3v) is 8.24. The van der Waals surface area contributed by atoms with E-state index in [4.69, 9.17) is 15.5 Å². The summed E-state index contributed by atoms with van der Waals surface area (Å²) in [6.07, 6.45) is 2.64. The SMILES string of the molecule is Cc1ccc(S(=O)(=O)n2cc(Cc3nc(OCc4ccccc4)c(CC(C)C)nc3N)c3ccccc32)cc1. The first-order valence-electron chi connectivity index (χ1n) is 13.0. The summed E-state index contributed by atoms with van der Waals surface area (Å²) in [7, 11) is -3.81. The van der Waals surface area contributed by atoms with Crippen LogP contribution in [0.3, 0.4) is 0 Å². The fourth-order valence-corrected chi connectivity index (χ4v) is 5.95. The molecule has 0 spiro atoms. The molecule has 0 unspecified atom stereocenters. The number of fused-ring (bicyclic) bond motifs is 1. The van der Waals surface area contributed by atoms with Crippen molar-refractivity contribution in [2.75, 3.05) is 5.73 Å². The van der Waals surface area contributed by atoms with Crippen molar-refractivity contribution in [3.8, 4) is 5.88 Å². The summed E-state index contributed by atoms with van der Waals surface area (Å²) in [6.45, 7) is 6.50. The van der Waals surface area contributed by atoms with E-state index >= 15 is 0 Å². The minimum atomic E-state index is -3.81. The molecule has 5 aromatic rings. The lowest BCUT2D eigenvalue weighted by Gasteiger charge is -2.14. The molecule has 200 valence electrons. The number of nitrogens with two attached hydrogens (primary N) is 1. The predicted octanol–water partition coefficient (Wildman–Crippen LogP) is 5.93.